The molecule has 0 amide bonds. The molecule has 0 saturated carbocycles. The van der Waals surface area contributed by atoms with Crippen LogP contribution in [0.2, 0.25) is 0 Å². The van der Waals surface area contributed by atoms with Crippen LogP contribution in [-0.4, -0.2) is 24.7 Å². The minimum absolute atomic E-state index is 0.0496. The molecule has 0 spiro atoms. The Morgan fingerprint density at radius 2 is 2.38 bits per heavy atom. The number of ether oxygens (including phenoxy) is 2. The topological polar surface area (TPSA) is 61.6 Å². The van der Waals surface area contributed by atoms with Crippen LogP contribution in [0.15, 0.2) is 12.1 Å². The Kier molecular flexibility index (Phi) is 2.78. The molecule has 0 saturated heterocycles. The first-order valence-electron chi connectivity index (χ1n) is 5.05. The van der Waals surface area contributed by atoms with Crippen molar-refractivity contribution in [3.8, 4) is 5.75 Å². The van der Waals surface area contributed by atoms with Crippen molar-refractivity contribution in [3.05, 3.63) is 33.4 Å². The lowest BCUT2D eigenvalue weighted by Crippen LogP contribution is -2.19. The van der Waals surface area contributed by atoms with Crippen molar-refractivity contribution in [2.75, 3.05) is 13.7 Å². The zero-order valence-electron chi connectivity index (χ0n) is 9.23. The van der Waals surface area contributed by atoms with Gasteiger partial charge in [-0.25, -0.2) is 0 Å². The number of nitro groups is 1. The highest BCUT2D eigenvalue weighted by Crippen LogP contribution is 2.38. The van der Waals surface area contributed by atoms with E-state index in [0.29, 0.717) is 18.8 Å². The third-order valence-corrected chi connectivity index (χ3v) is 2.57. The van der Waals surface area contributed by atoms with Gasteiger partial charge in [-0.3, -0.25) is 10.1 Å². The monoisotopic (exact) mass is 223 g/mol. The minimum atomic E-state index is -0.402. The average Bonchev–Trinajstić information content (AvgIpc) is 2.59. The molecule has 1 unspecified atom stereocenters. The van der Waals surface area contributed by atoms with Gasteiger partial charge < -0.3 is 9.47 Å². The van der Waals surface area contributed by atoms with Gasteiger partial charge in [0.05, 0.1) is 11.5 Å². The SMILES string of the molecule is COCC1Cc2cc(C)cc([N+](=O)[O-])c2O1. The van der Waals surface area contributed by atoms with Crippen LogP contribution in [0.5, 0.6) is 5.75 Å². The Morgan fingerprint density at radius 3 is 3.00 bits per heavy atom. The van der Waals surface area contributed by atoms with Crippen molar-refractivity contribution in [2.24, 2.45) is 0 Å². The molecule has 1 aromatic rings. The highest BCUT2D eigenvalue weighted by atomic mass is 16.6. The fraction of sp³-hybridized carbons (Fsp3) is 0.455. The fourth-order valence-corrected chi connectivity index (χ4v) is 1.98. The number of nitro benzene ring substituents is 1. The molecule has 1 aliphatic rings. The maximum Gasteiger partial charge on any atom is 0.311 e. The van der Waals surface area contributed by atoms with Gasteiger partial charge in [0.2, 0.25) is 5.75 Å². The lowest BCUT2D eigenvalue weighted by molar-refractivity contribution is -0.385. The Balaban J connectivity index is 2.36. The molecule has 1 aromatic carbocycles. The van der Waals surface area contributed by atoms with E-state index < -0.39 is 4.92 Å². The summed E-state index contributed by atoms with van der Waals surface area (Å²) in [6.07, 6.45) is 0.562. The number of methoxy groups -OCH3 is 1. The third-order valence-electron chi connectivity index (χ3n) is 2.57. The Labute approximate surface area is 93.1 Å². The van der Waals surface area contributed by atoms with Crippen LogP contribution in [-0.2, 0) is 11.2 Å². The van der Waals surface area contributed by atoms with E-state index in [4.69, 9.17) is 9.47 Å². The second kappa shape index (κ2) is 4.09. The second-order valence-corrected chi connectivity index (χ2v) is 3.93. The third kappa shape index (κ3) is 1.86. The summed E-state index contributed by atoms with van der Waals surface area (Å²) in [6.45, 7) is 2.29. The second-order valence-electron chi connectivity index (χ2n) is 3.93. The first-order chi connectivity index (χ1) is 7.61. The Bertz CT molecular complexity index is 430. The lowest BCUT2D eigenvalue weighted by Gasteiger charge is -2.08. The number of rotatable bonds is 3. The van der Waals surface area contributed by atoms with Gasteiger partial charge in [0.1, 0.15) is 6.10 Å². The minimum Gasteiger partial charge on any atom is -0.480 e. The summed E-state index contributed by atoms with van der Waals surface area (Å²) in [5.41, 5.74) is 1.83. The van der Waals surface area contributed by atoms with Crippen LogP contribution in [0, 0.1) is 17.0 Å². The van der Waals surface area contributed by atoms with Crippen molar-refractivity contribution >= 4 is 5.69 Å². The summed E-state index contributed by atoms with van der Waals surface area (Å²) in [5, 5.41) is 10.9. The maximum atomic E-state index is 10.9. The largest absolute Gasteiger partial charge is 0.480 e. The van der Waals surface area contributed by atoms with E-state index >= 15 is 0 Å². The molecule has 5 heteroatoms. The quantitative estimate of drug-likeness (QED) is 0.579. The van der Waals surface area contributed by atoms with E-state index in [0.717, 1.165) is 11.1 Å². The smallest absolute Gasteiger partial charge is 0.311 e. The van der Waals surface area contributed by atoms with Crippen molar-refractivity contribution in [1.29, 1.82) is 0 Å². The van der Waals surface area contributed by atoms with Gasteiger partial charge in [0.15, 0.2) is 0 Å². The van der Waals surface area contributed by atoms with E-state index in [2.05, 4.69) is 0 Å². The standard InChI is InChI=1S/C11H13NO4/c1-7-3-8-5-9(6-15-2)16-11(8)10(4-7)12(13)14/h3-4,9H,5-6H2,1-2H3. The number of hydrogen-bond acceptors (Lipinski definition) is 4. The van der Waals surface area contributed by atoms with Crippen molar-refractivity contribution in [1.82, 2.24) is 0 Å². The van der Waals surface area contributed by atoms with Gasteiger partial charge in [-0.1, -0.05) is 6.07 Å². The molecular formula is C11H13NO4. The molecule has 1 atom stereocenters. The van der Waals surface area contributed by atoms with Gasteiger partial charge in [0, 0.05) is 25.2 Å². The van der Waals surface area contributed by atoms with E-state index in [9.17, 15) is 10.1 Å². The normalized spacial score (nSPS) is 18.0. The summed E-state index contributed by atoms with van der Waals surface area (Å²) < 4.78 is 10.5. The molecule has 86 valence electrons. The molecular weight excluding hydrogens is 210 g/mol. The average molecular weight is 223 g/mol. The van der Waals surface area contributed by atoms with Crippen LogP contribution in [0.3, 0.4) is 0 Å². The predicted octanol–water partition coefficient (Wildman–Crippen LogP) is 1.85. The summed E-state index contributed by atoms with van der Waals surface area (Å²) >= 11 is 0. The van der Waals surface area contributed by atoms with E-state index in [1.54, 1.807) is 7.11 Å². The molecule has 0 N–H and O–H groups in total. The summed E-state index contributed by atoms with van der Waals surface area (Å²) in [6, 6.07) is 3.46. The molecule has 16 heavy (non-hydrogen) atoms. The summed E-state index contributed by atoms with van der Waals surface area (Å²) in [5.74, 6) is 0.401. The van der Waals surface area contributed by atoms with E-state index in [-0.39, 0.29) is 11.8 Å². The highest BCUT2D eigenvalue weighted by Gasteiger charge is 2.30. The van der Waals surface area contributed by atoms with Crippen LogP contribution in [0.25, 0.3) is 0 Å². The zero-order valence-corrected chi connectivity index (χ0v) is 9.23. The number of fused-ring (bicyclic) bond motifs is 1. The first-order valence-corrected chi connectivity index (χ1v) is 5.05. The zero-order chi connectivity index (χ0) is 11.7. The maximum absolute atomic E-state index is 10.9. The molecule has 0 radical (unpaired) electrons. The first kappa shape index (κ1) is 10.9. The van der Waals surface area contributed by atoms with Gasteiger partial charge in [0.25, 0.3) is 0 Å². The number of hydrogen-bond donors (Lipinski definition) is 0. The van der Waals surface area contributed by atoms with Gasteiger partial charge in [-0.05, 0) is 12.5 Å². The van der Waals surface area contributed by atoms with Crippen molar-refractivity contribution in [3.63, 3.8) is 0 Å². The van der Waals surface area contributed by atoms with Crippen molar-refractivity contribution < 1.29 is 14.4 Å². The molecule has 1 heterocycles. The van der Waals surface area contributed by atoms with Crippen LogP contribution in [0.4, 0.5) is 5.69 Å². The van der Waals surface area contributed by atoms with Gasteiger partial charge in [-0.2, -0.15) is 0 Å². The van der Waals surface area contributed by atoms with Crippen molar-refractivity contribution in [2.45, 2.75) is 19.4 Å². The summed E-state index contributed by atoms with van der Waals surface area (Å²) in [4.78, 5) is 10.5. The van der Waals surface area contributed by atoms with Crippen LogP contribution in [0.1, 0.15) is 11.1 Å². The molecule has 0 bridgehead atoms. The lowest BCUT2D eigenvalue weighted by atomic mass is 10.1. The molecule has 0 aliphatic carbocycles. The highest BCUT2D eigenvalue weighted by molar-refractivity contribution is 5.56. The van der Waals surface area contributed by atoms with Gasteiger partial charge in [-0.15, -0.1) is 0 Å². The van der Waals surface area contributed by atoms with Crippen LogP contribution < -0.4 is 4.74 Å². The summed E-state index contributed by atoms with van der Waals surface area (Å²) in [7, 11) is 1.59. The predicted molar refractivity (Wildman–Crippen MR) is 57.8 cm³/mol. The molecule has 2 rings (SSSR count). The number of benzene rings is 1. The Hall–Kier alpha value is -1.62. The number of nitrogens with zero attached hydrogens (tertiary/aromatic N) is 1. The van der Waals surface area contributed by atoms with Crippen LogP contribution >= 0.6 is 0 Å². The number of aryl methyl sites for hydroxylation is 1. The van der Waals surface area contributed by atoms with E-state index in [1.807, 2.05) is 13.0 Å². The Morgan fingerprint density at radius 1 is 1.62 bits per heavy atom. The van der Waals surface area contributed by atoms with Gasteiger partial charge >= 0.3 is 5.69 Å². The molecule has 5 nitrogen and oxygen atoms in total. The molecule has 0 aromatic heterocycles. The van der Waals surface area contributed by atoms with E-state index in [1.165, 1.54) is 6.07 Å². The molecule has 0 fully saturated rings. The fourth-order valence-electron chi connectivity index (χ4n) is 1.98. The molecule has 1 aliphatic heterocycles.